The molecule has 8 heteroatoms. The lowest BCUT2D eigenvalue weighted by atomic mass is 10.2. The molecule has 0 spiro atoms. The highest BCUT2D eigenvalue weighted by Crippen LogP contribution is 2.10. The van der Waals surface area contributed by atoms with Gasteiger partial charge in [0.25, 0.3) is 0 Å². The Bertz CT molecular complexity index is 581. The summed E-state index contributed by atoms with van der Waals surface area (Å²) in [5.74, 6) is -2.16. The third-order valence-electron chi connectivity index (χ3n) is 2.22. The quantitative estimate of drug-likeness (QED) is 0.219. The molecule has 0 fully saturated rings. The molecule has 0 atom stereocenters. The van der Waals surface area contributed by atoms with Gasteiger partial charge >= 0.3 is 11.9 Å². The van der Waals surface area contributed by atoms with E-state index in [1.54, 1.807) is 24.3 Å². The zero-order valence-corrected chi connectivity index (χ0v) is 12.1. The Balaban J connectivity index is 2.91. The average molecular weight is 313 g/mol. The van der Waals surface area contributed by atoms with Crippen molar-refractivity contribution in [3.63, 3.8) is 0 Å². The number of nitrogens with two attached hydrogens (primary N) is 1. The van der Waals surface area contributed by atoms with Gasteiger partial charge in [-0.05, 0) is 24.3 Å². The summed E-state index contributed by atoms with van der Waals surface area (Å²) in [6.45, 7) is 0. The number of halogens is 1. The minimum atomic E-state index is -0.895. The number of carbonyl (C=O) groups is 2. The van der Waals surface area contributed by atoms with Gasteiger partial charge in [-0.1, -0.05) is 16.8 Å². The number of esters is 2. The van der Waals surface area contributed by atoms with Gasteiger partial charge in [0, 0.05) is 10.6 Å². The van der Waals surface area contributed by atoms with Crippen LogP contribution in [0, 0.1) is 0 Å². The second kappa shape index (κ2) is 7.91. The van der Waals surface area contributed by atoms with Crippen molar-refractivity contribution in [2.45, 2.75) is 0 Å². The molecule has 0 saturated carbocycles. The summed E-state index contributed by atoms with van der Waals surface area (Å²) in [4.78, 5) is 27.3. The van der Waals surface area contributed by atoms with Crippen LogP contribution in [0.1, 0.15) is 5.56 Å². The Kier molecular flexibility index (Phi) is 6.22. The van der Waals surface area contributed by atoms with E-state index in [0.717, 1.165) is 20.3 Å². The number of amidine groups is 1. The lowest BCUT2D eigenvalue weighted by Gasteiger charge is -2.04. The average Bonchev–Trinajstić information content (AvgIpc) is 2.50. The fraction of sp³-hybridized carbons (Fsp3) is 0.154. The molecule has 112 valence electrons. The Morgan fingerprint density at radius 1 is 1.19 bits per heavy atom. The fourth-order valence-corrected chi connectivity index (χ4v) is 1.29. The van der Waals surface area contributed by atoms with Crippen LogP contribution in [-0.2, 0) is 23.9 Å². The van der Waals surface area contributed by atoms with Crippen molar-refractivity contribution < 1.29 is 23.9 Å². The fourth-order valence-electron chi connectivity index (χ4n) is 1.16. The van der Waals surface area contributed by atoms with Gasteiger partial charge in [-0.3, -0.25) is 0 Å². The van der Waals surface area contributed by atoms with Crippen LogP contribution in [0.3, 0.4) is 0 Å². The number of ether oxygens (including phenoxy) is 2. The van der Waals surface area contributed by atoms with Crippen LogP contribution in [0.4, 0.5) is 0 Å². The SMILES string of the molecule is COC(=O)/C=C(\O/N=C(\N)c1ccc(Cl)cc1)C(=O)OC. The number of hydrogen-bond acceptors (Lipinski definition) is 6. The summed E-state index contributed by atoms with van der Waals surface area (Å²) in [7, 11) is 2.28. The number of methoxy groups -OCH3 is 2. The van der Waals surface area contributed by atoms with Crippen molar-refractivity contribution in [2.24, 2.45) is 10.9 Å². The van der Waals surface area contributed by atoms with Crippen molar-refractivity contribution in [1.82, 2.24) is 0 Å². The largest absolute Gasteiger partial charge is 0.466 e. The molecular formula is C13H13ClN2O5. The predicted octanol–water partition coefficient (Wildman–Crippen LogP) is 1.21. The molecule has 0 saturated heterocycles. The number of nitrogens with zero attached hydrogens (tertiary/aromatic N) is 1. The number of hydrogen-bond donors (Lipinski definition) is 1. The summed E-state index contributed by atoms with van der Waals surface area (Å²) in [6.07, 6.45) is 0.796. The molecule has 1 aromatic rings. The molecule has 0 radical (unpaired) electrons. The van der Waals surface area contributed by atoms with Gasteiger partial charge in [-0.25, -0.2) is 9.59 Å². The Labute approximate surface area is 125 Å². The molecule has 0 heterocycles. The van der Waals surface area contributed by atoms with E-state index in [1.165, 1.54) is 0 Å². The van der Waals surface area contributed by atoms with Crippen molar-refractivity contribution in [3.05, 3.63) is 46.7 Å². The van der Waals surface area contributed by atoms with E-state index in [2.05, 4.69) is 14.6 Å². The predicted molar refractivity (Wildman–Crippen MR) is 75.4 cm³/mol. The van der Waals surface area contributed by atoms with Crippen LogP contribution >= 0.6 is 11.6 Å². The highest BCUT2D eigenvalue weighted by molar-refractivity contribution is 6.30. The van der Waals surface area contributed by atoms with Crippen LogP contribution < -0.4 is 5.73 Å². The smallest absolute Gasteiger partial charge is 0.377 e. The Morgan fingerprint density at radius 3 is 2.33 bits per heavy atom. The highest BCUT2D eigenvalue weighted by Gasteiger charge is 2.15. The zero-order chi connectivity index (χ0) is 15.8. The van der Waals surface area contributed by atoms with Crippen molar-refractivity contribution in [2.75, 3.05) is 14.2 Å². The first-order valence-electron chi connectivity index (χ1n) is 5.62. The molecule has 0 amide bonds. The maximum atomic E-state index is 11.4. The zero-order valence-electron chi connectivity index (χ0n) is 11.3. The van der Waals surface area contributed by atoms with E-state index in [4.69, 9.17) is 22.2 Å². The number of rotatable bonds is 5. The van der Waals surface area contributed by atoms with Gasteiger partial charge in [-0.2, -0.15) is 0 Å². The van der Waals surface area contributed by atoms with Crippen molar-refractivity contribution >= 4 is 29.4 Å². The minimum Gasteiger partial charge on any atom is -0.466 e. The van der Waals surface area contributed by atoms with Gasteiger partial charge in [0.15, 0.2) is 5.84 Å². The van der Waals surface area contributed by atoms with E-state index in [9.17, 15) is 9.59 Å². The molecule has 21 heavy (non-hydrogen) atoms. The van der Waals surface area contributed by atoms with Gasteiger partial charge in [0.2, 0.25) is 5.76 Å². The van der Waals surface area contributed by atoms with Crippen LogP contribution in [0.2, 0.25) is 5.02 Å². The molecule has 0 unspecified atom stereocenters. The summed E-state index contributed by atoms with van der Waals surface area (Å²) >= 11 is 5.74. The van der Waals surface area contributed by atoms with Crippen LogP contribution in [0.5, 0.6) is 0 Å². The van der Waals surface area contributed by atoms with Gasteiger partial charge in [0.05, 0.1) is 20.3 Å². The van der Waals surface area contributed by atoms with Crippen molar-refractivity contribution in [3.8, 4) is 0 Å². The van der Waals surface area contributed by atoms with Crippen molar-refractivity contribution in [1.29, 1.82) is 0 Å². The second-order valence-corrected chi connectivity index (χ2v) is 4.03. The Hall–Kier alpha value is -2.54. The summed E-state index contributed by atoms with van der Waals surface area (Å²) in [5.41, 5.74) is 6.21. The molecule has 0 aliphatic rings. The summed E-state index contributed by atoms with van der Waals surface area (Å²) in [5, 5.41) is 4.09. The lowest BCUT2D eigenvalue weighted by Crippen LogP contribution is -2.16. The second-order valence-electron chi connectivity index (χ2n) is 3.60. The van der Waals surface area contributed by atoms with E-state index < -0.39 is 17.7 Å². The third kappa shape index (κ3) is 5.15. The molecule has 0 bridgehead atoms. The summed E-state index contributed by atoms with van der Waals surface area (Å²) < 4.78 is 8.83. The van der Waals surface area contributed by atoms with E-state index in [1.807, 2.05) is 0 Å². The normalized spacial score (nSPS) is 11.8. The lowest BCUT2D eigenvalue weighted by molar-refractivity contribution is -0.142. The molecule has 0 aliphatic carbocycles. The first-order chi connectivity index (χ1) is 9.97. The first kappa shape index (κ1) is 16.5. The third-order valence-corrected chi connectivity index (χ3v) is 2.47. The molecule has 1 rings (SSSR count). The Morgan fingerprint density at radius 2 is 1.81 bits per heavy atom. The molecule has 1 aromatic carbocycles. The van der Waals surface area contributed by atoms with E-state index >= 15 is 0 Å². The monoisotopic (exact) mass is 312 g/mol. The van der Waals surface area contributed by atoms with E-state index in [0.29, 0.717) is 10.6 Å². The molecule has 0 aromatic heterocycles. The number of carbonyl (C=O) groups excluding carboxylic acids is 2. The van der Waals surface area contributed by atoms with Gasteiger partial charge in [-0.15, -0.1) is 0 Å². The molecule has 0 aliphatic heterocycles. The molecule has 7 nitrogen and oxygen atoms in total. The standard InChI is InChI=1S/C13H13ClN2O5/c1-19-11(17)7-10(13(18)20-2)21-16-12(15)8-3-5-9(14)6-4-8/h3-7H,1-2H3,(H2,15,16)/b10-7-. The van der Waals surface area contributed by atoms with Crippen LogP contribution in [0.15, 0.2) is 41.3 Å². The number of benzene rings is 1. The maximum Gasteiger partial charge on any atom is 0.377 e. The van der Waals surface area contributed by atoms with Gasteiger partial charge < -0.3 is 20.0 Å². The maximum absolute atomic E-state index is 11.4. The van der Waals surface area contributed by atoms with Crippen LogP contribution in [0.25, 0.3) is 0 Å². The first-order valence-corrected chi connectivity index (χ1v) is 6.00. The van der Waals surface area contributed by atoms with Crippen LogP contribution in [-0.4, -0.2) is 32.0 Å². The minimum absolute atomic E-state index is 0.00802. The number of oxime groups is 1. The molecule has 2 N–H and O–H groups in total. The van der Waals surface area contributed by atoms with Gasteiger partial charge in [0.1, 0.15) is 0 Å². The molecular weight excluding hydrogens is 300 g/mol. The topological polar surface area (TPSA) is 100 Å². The van der Waals surface area contributed by atoms with E-state index in [-0.39, 0.29) is 5.84 Å². The summed E-state index contributed by atoms with van der Waals surface area (Å²) in [6, 6.07) is 6.47. The highest BCUT2D eigenvalue weighted by atomic mass is 35.5.